The maximum atomic E-state index is 10.8. The van der Waals surface area contributed by atoms with Crippen LogP contribution < -0.4 is 11.5 Å². The second-order valence-corrected chi connectivity index (χ2v) is 5.52. The molecule has 0 aromatic rings. The number of thiol groups is 2. The Morgan fingerprint density at radius 2 is 1.31 bits per heavy atom. The van der Waals surface area contributed by atoms with Gasteiger partial charge in [-0.2, -0.15) is 0 Å². The van der Waals surface area contributed by atoms with Crippen molar-refractivity contribution < 1.29 is 18.0 Å². The summed E-state index contributed by atoms with van der Waals surface area (Å²) in [6.45, 7) is 0. The van der Waals surface area contributed by atoms with E-state index in [2.05, 4.69) is 34.2 Å². The SMILES string of the molecule is N[C@@H](CSSC[C@H](N)C(=O)OS)C(=O)OS. The fraction of sp³-hybridized carbons (Fsp3) is 0.667. The molecule has 0 aliphatic carbocycles. The molecule has 0 bridgehead atoms. The Kier molecular flexibility index (Phi) is 9.46. The molecule has 0 amide bonds. The molecular weight excluding hydrogens is 292 g/mol. The smallest absolute Gasteiger partial charge is 0.335 e. The summed E-state index contributed by atoms with van der Waals surface area (Å²) >= 11 is 6.67. The van der Waals surface area contributed by atoms with Crippen molar-refractivity contribution in [2.75, 3.05) is 11.5 Å². The minimum Gasteiger partial charge on any atom is -0.393 e. The van der Waals surface area contributed by atoms with Gasteiger partial charge in [-0.1, -0.05) is 21.6 Å². The molecule has 10 heteroatoms. The molecular formula is C6H12N2O4S4. The van der Waals surface area contributed by atoms with Crippen LogP contribution in [0.25, 0.3) is 0 Å². The van der Waals surface area contributed by atoms with Crippen LogP contribution >= 0.6 is 47.4 Å². The summed E-state index contributed by atoms with van der Waals surface area (Å²) in [6.07, 6.45) is 0. The van der Waals surface area contributed by atoms with Crippen LogP contribution in [0.4, 0.5) is 0 Å². The number of rotatable bonds is 7. The summed E-state index contributed by atoms with van der Waals surface area (Å²) in [6, 6.07) is -1.49. The molecule has 0 spiro atoms. The zero-order chi connectivity index (χ0) is 12.6. The van der Waals surface area contributed by atoms with Crippen LogP contribution in [0, 0.1) is 0 Å². The molecule has 16 heavy (non-hydrogen) atoms. The molecule has 0 aromatic heterocycles. The monoisotopic (exact) mass is 304 g/mol. The molecule has 0 unspecified atom stereocenters. The molecule has 6 nitrogen and oxygen atoms in total. The van der Waals surface area contributed by atoms with E-state index in [9.17, 15) is 9.59 Å². The Morgan fingerprint density at radius 1 is 1.00 bits per heavy atom. The quantitative estimate of drug-likeness (QED) is 0.222. The zero-order valence-electron chi connectivity index (χ0n) is 8.07. The molecule has 0 fully saturated rings. The van der Waals surface area contributed by atoms with Crippen LogP contribution in [0.5, 0.6) is 0 Å². The number of hydrogen-bond donors (Lipinski definition) is 4. The largest absolute Gasteiger partial charge is 0.393 e. The summed E-state index contributed by atoms with van der Waals surface area (Å²) in [4.78, 5) is 21.7. The van der Waals surface area contributed by atoms with Crippen LogP contribution in [0.2, 0.25) is 0 Å². The first-order valence-corrected chi connectivity index (χ1v) is 7.20. The molecule has 0 rings (SSSR count). The van der Waals surface area contributed by atoms with Gasteiger partial charge < -0.3 is 19.8 Å². The van der Waals surface area contributed by atoms with Crippen molar-refractivity contribution in [3.05, 3.63) is 0 Å². The van der Waals surface area contributed by atoms with Gasteiger partial charge in [0, 0.05) is 37.3 Å². The van der Waals surface area contributed by atoms with Crippen LogP contribution in [-0.2, 0) is 18.0 Å². The van der Waals surface area contributed by atoms with Crippen molar-refractivity contribution in [3.63, 3.8) is 0 Å². The second kappa shape index (κ2) is 9.31. The van der Waals surface area contributed by atoms with Gasteiger partial charge in [0.05, 0.1) is 0 Å². The maximum Gasteiger partial charge on any atom is 0.335 e. The fourth-order valence-corrected chi connectivity index (χ4v) is 3.00. The highest BCUT2D eigenvalue weighted by atomic mass is 33.1. The minimum atomic E-state index is -0.747. The molecule has 0 aliphatic rings. The second-order valence-electron chi connectivity index (χ2n) is 2.60. The van der Waals surface area contributed by atoms with E-state index in [1.54, 1.807) is 0 Å². The van der Waals surface area contributed by atoms with Crippen molar-refractivity contribution in [2.45, 2.75) is 12.1 Å². The van der Waals surface area contributed by atoms with Crippen LogP contribution in [0.1, 0.15) is 0 Å². The van der Waals surface area contributed by atoms with Crippen molar-refractivity contribution in [1.29, 1.82) is 0 Å². The van der Waals surface area contributed by atoms with Crippen LogP contribution in [0.15, 0.2) is 0 Å². The Bertz CT molecular complexity index is 219. The Balaban J connectivity index is 3.60. The molecule has 0 heterocycles. The van der Waals surface area contributed by atoms with Gasteiger partial charge >= 0.3 is 11.9 Å². The summed E-state index contributed by atoms with van der Waals surface area (Å²) in [7, 11) is 2.61. The van der Waals surface area contributed by atoms with Crippen molar-refractivity contribution in [3.8, 4) is 0 Å². The van der Waals surface area contributed by atoms with E-state index in [1.165, 1.54) is 21.6 Å². The molecule has 4 N–H and O–H groups in total. The van der Waals surface area contributed by atoms with Gasteiger partial charge in [-0.05, 0) is 0 Å². The van der Waals surface area contributed by atoms with Gasteiger partial charge in [0.1, 0.15) is 12.1 Å². The third kappa shape index (κ3) is 6.76. The summed E-state index contributed by atoms with van der Waals surface area (Å²) in [5, 5.41) is 0. The van der Waals surface area contributed by atoms with E-state index < -0.39 is 24.0 Å². The van der Waals surface area contributed by atoms with E-state index >= 15 is 0 Å². The first kappa shape index (κ1) is 16.3. The topological polar surface area (TPSA) is 105 Å². The molecule has 0 saturated heterocycles. The van der Waals surface area contributed by atoms with Gasteiger partial charge in [0.2, 0.25) is 0 Å². The van der Waals surface area contributed by atoms with Crippen LogP contribution in [-0.4, -0.2) is 35.5 Å². The van der Waals surface area contributed by atoms with E-state index in [1.807, 2.05) is 0 Å². The molecule has 0 aromatic carbocycles. The Morgan fingerprint density at radius 3 is 1.56 bits per heavy atom. The number of hydrogen-bond acceptors (Lipinski definition) is 10. The van der Waals surface area contributed by atoms with Gasteiger partial charge in [-0.15, -0.1) is 0 Å². The lowest BCUT2D eigenvalue weighted by Crippen LogP contribution is -2.34. The molecule has 94 valence electrons. The zero-order valence-corrected chi connectivity index (χ0v) is 11.5. The Labute approximate surface area is 112 Å². The number of carbonyl (C=O) groups excluding carboxylic acids is 2. The highest BCUT2D eigenvalue weighted by molar-refractivity contribution is 8.76. The van der Waals surface area contributed by atoms with E-state index in [0.29, 0.717) is 11.5 Å². The summed E-state index contributed by atoms with van der Waals surface area (Å²) in [5.41, 5.74) is 10.9. The first-order chi connectivity index (χ1) is 7.52. The highest BCUT2D eigenvalue weighted by Gasteiger charge is 2.17. The number of nitrogens with two attached hydrogens (primary N) is 2. The third-order valence-corrected chi connectivity index (χ3v) is 4.20. The maximum absolute atomic E-state index is 10.8. The van der Waals surface area contributed by atoms with E-state index in [4.69, 9.17) is 11.5 Å². The number of carbonyl (C=O) groups is 2. The lowest BCUT2D eigenvalue weighted by atomic mass is 10.4. The summed E-state index contributed by atoms with van der Waals surface area (Å²) < 4.78 is 8.29. The first-order valence-electron chi connectivity index (χ1n) is 3.99. The fourth-order valence-electron chi connectivity index (χ4n) is 0.514. The van der Waals surface area contributed by atoms with Crippen LogP contribution in [0.3, 0.4) is 0 Å². The van der Waals surface area contributed by atoms with Crippen molar-refractivity contribution in [2.24, 2.45) is 11.5 Å². The molecule has 0 saturated carbocycles. The minimum absolute atomic E-state index is 0.340. The summed E-state index contributed by atoms with van der Waals surface area (Å²) in [5.74, 6) is -0.523. The van der Waals surface area contributed by atoms with Crippen molar-refractivity contribution >= 4 is 59.3 Å². The van der Waals surface area contributed by atoms with Crippen molar-refractivity contribution in [1.82, 2.24) is 0 Å². The van der Waals surface area contributed by atoms with Gasteiger partial charge in [0.25, 0.3) is 0 Å². The average Bonchev–Trinajstić information content (AvgIpc) is 2.31. The highest BCUT2D eigenvalue weighted by Crippen LogP contribution is 2.22. The molecule has 0 radical (unpaired) electrons. The van der Waals surface area contributed by atoms with E-state index in [0.717, 1.165) is 0 Å². The molecule has 2 atom stereocenters. The average molecular weight is 304 g/mol. The molecule has 0 aliphatic heterocycles. The van der Waals surface area contributed by atoms with E-state index in [-0.39, 0.29) is 0 Å². The van der Waals surface area contributed by atoms with Gasteiger partial charge in [0.15, 0.2) is 0 Å². The lowest BCUT2D eigenvalue weighted by Gasteiger charge is -2.09. The predicted octanol–water partition coefficient (Wildman–Crippen LogP) is -0.202. The predicted molar refractivity (Wildman–Crippen MR) is 71.0 cm³/mol. The Hall–Kier alpha value is 0.260. The van der Waals surface area contributed by atoms with Gasteiger partial charge in [-0.3, -0.25) is 0 Å². The third-order valence-electron chi connectivity index (χ3n) is 1.36. The normalized spacial score (nSPS) is 14.0. The standard InChI is InChI=1S/C6H12N2O4S4/c7-3(5(9)11-13)1-15-16-2-4(8)6(10)12-14/h3-4,13-14H,1-2,7-8H2/t3-,4-/m0/s1. The van der Waals surface area contributed by atoms with Gasteiger partial charge in [-0.25, -0.2) is 9.59 Å². The lowest BCUT2D eigenvalue weighted by molar-refractivity contribution is -0.134.